The minimum atomic E-state index is -1.53. The first-order valence-electron chi connectivity index (χ1n) is 6.87. The topological polar surface area (TPSA) is 0 Å². The van der Waals surface area contributed by atoms with Crippen LogP contribution in [0.3, 0.4) is 0 Å². The van der Waals surface area contributed by atoms with E-state index in [0.29, 0.717) is 0 Å². The predicted octanol–water partition coefficient (Wildman–Crippen LogP) is 5.80. The van der Waals surface area contributed by atoms with Crippen molar-refractivity contribution in [2.45, 2.75) is 47.2 Å². The van der Waals surface area contributed by atoms with E-state index in [0.717, 1.165) is 5.92 Å². The predicted molar refractivity (Wildman–Crippen MR) is 94.1 cm³/mol. The molecule has 0 spiro atoms. The molecule has 0 saturated carbocycles. The summed E-state index contributed by atoms with van der Waals surface area (Å²) in [5.74, 6) is 0.737. The van der Waals surface area contributed by atoms with Crippen molar-refractivity contribution < 1.29 is 20.4 Å². The molecule has 0 saturated heterocycles. The van der Waals surface area contributed by atoms with Crippen LogP contribution in [0.4, 0.5) is 0 Å². The van der Waals surface area contributed by atoms with Crippen LogP contribution < -0.4 is 0 Å². The molecule has 0 aliphatic heterocycles. The summed E-state index contributed by atoms with van der Waals surface area (Å²) in [5.41, 5.74) is 4.74. The van der Waals surface area contributed by atoms with E-state index in [9.17, 15) is 0 Å². The van der Waals surface area contributed by atoms with Crippen molar-refractivity contribution in [2.75, 3.05) is 0 Å². The average Bonchev–Trinajstić information content (AvgIpc) is 2.89. The van der Waals surface area contributed by atoms with Crippen molar-refractivity contribution in [1.82, 2.24) is 0 Å². The van der Waals surface area contributed by atoms with Gasteiger partial charge in [0.25, 0.3) is 0 Å². The number of halogens is 2. The molecule has 2 aliphatic rings. The molecule has 1 atom stereocenters. The summed E-state index contributed by atoms with van der Waals surface area (Å²) >= 11 is -1.53. The minimum absolute atomic E-state index is 0. The van der Waals surface area contributed by atoms with E-state index in [2.05, 4.69) is 59.0 Å². The summed E-state index contributed by atoms with van der Waals surface area (Å²) in [7, 11) is 0. The molecule has 0 heterocycles. The van der Waals surface area contributed by atoms with Crippen LogP contribution >= 0.6 is 24.8 Å². The van der Waals surface area contributed by atoms with Crippen molar-refractivity contribution >= 4 is 30.2 Å². The Morgan fingerprint density at radius 2 is 1.70 bits per heavy atom. The van der Waals surface area contributed by atoms with Gasteiger partial charge in [-0.2, -0.15) is 0 Å². The molecule has 2 rings (SSSR count). The second-order valence-corrected chi connectivity index (χ2v) is 22.8. The minimum Gasteiger partial charge on any atom is -0.147 e. The number of rotatable bonds is 2. The Kier molecular flexibility index (Phi) is 8.59. The van der Waals surface area contributed by atoms with Gasteiger partial charge in [0.1, 0.15) is 0 Å². The zero-order valence-electron chi connectivity index (χ0n) is 13.3. The summed E-state index contributed by atoms with van der Waals surface area (Å²) in [6, 6.07) is 0. The van der Waals surface area contributed by atoms with Crippen molar-refractivity contribution in [3.8, 4) is 0 Å². The summed E-state index contributed by atoms with van der Waals surface area (Å²) in [6.07, 6.45) is 8.33. The van der Waals surface area contributed by atoms with Gasteiger partial charge in [-0.1, -0.05) is 0 Å². The molecule has 0 N–H and O–H groups in total. The summed E-state index contributed by atoms with van der Waals surface area (Å²) in [5, 5.41) is 0. The van der Waals surface area contributed by atoms with Gasteiger partial charge >= 0.3 is 120 Å². The van der Waals surface area contributed by atoms with Crippen molar-refractivity contribution in [1.29, 1.82) is 0 Å². The molecule has 0 aromatic rings. The first kappa shape index (κ1) is 20.6. The van der Waals surface area contributed by atoms with Gasteiger partial charge < -0.3 is 0 Å². The van der Waals surface area contributed by atoms with Gasteiger partial charge in [0.05, 0.1) is 0 Å². The molecule has 0 radical (unpaired) electrons. The molecule has 1 unspecified atom stereocenters. The van der Waals surface area contributed by atoms with Crippen molar-refractivity contribution in [3.63, 3.8) is 0 Å². The van der Waals surface area contributed by atoms with E-state index in [1.165, 1.54) is 6.42 Å². The maximum Gasteiger partial charge on any atom is -0.147 e. The van der Waals surface area contributed by atoms with E-state index >= 15 is 0 Å². The number of allylic oxidation sites excluding steroid dienone is 8. The van der Waals surface area contributed by atoms with Gasteiger partial charge in [-0.05, 0) is 0 Å². The third kappa shape index (κ3) is 3.69. The van der Waals surface area contributed by atoms with Gasteiger partial charge in [0.15, 0.2) is 0 Å². The molecule has 0 amide bonds. The molecule has 0 fully saturated rings. The standard InChI is InChI=1S/C9H13.C5H5.C2H6Si.2ClH.Zr/c1-6-5-7(2)9(4)8(6)3;1-2-4-5-3-1;1-3-2;;;/h6H,1-4H3;1-3H,4H2;1-2H3;2*1H;. The smallest absolute Gasteiger partial charge is 0.147 e. The maximum absolute atomic E-state index is 2.55. The van der Waals surface area contributed by atoms with Gasteiger partial charge in [0.2, 0.25) is 0 Å². The molecule has 0 bridgehead atoms. The van der Waals surface area contributed by atoms with E-state index in [1.54, 1.807) is 16.7 Å². The third-order valence-electron chi connectivity index (χ3n) is 4.50. The fraction of sp³-hybridized carbons (Fsp3) is 0.500. The molecule has 0 nitrogen and oxygen atoms in total. The number of hydrogen-bond acceptors (Lipinski definition) is 0. The first-order valence-corrected chi connectivity index (χ1v) is 15.5. The number of hydrogen-bond donors (Lipinski definition) is 0. The molecular weight excluding hydrogens is 382 g/mol. The van der Waals surface area contributed by atoms with E-state index in [4.69, 9.17) is 0 Å². The molecule has 2 aliphatic carbocycles. The normalized spacial score (nSPS) is 20.7. The van der Waals surface area contributed by atoms with Gasteiger partial charge in [0, 0.05) is 0 Å². The Balaban J connectivity index is 0.00000180. The van der Waals surface area contributed by atoms with Crippen molar-refractivity contribution in [2.24, 2.45) is 5.92 Å². The SMILES string of the molecule is CC1=C(C)C(C)[C]([Zr]([C]2=CC=CC2)=[Si](C)C)=C1C.Cl.Cl. The fourth-order valence-corrected chi connectivity index (χ4v) is 21.8. The van der Waals surface area contributed by atoms with Crippen LogP contribution in [0.5, 0.6) is 0 Å². The maximum atomic E-state index is 2.55. The second kappa shape index (κ2) is 8.32. The summed E-state index contributed by atoms with van der Waals surface area (Å²) < 4.78 is 3.77. The fourth-order valence-electron chi connectivity index (χ4n) is 3.16. The van der Waals surface area contributed by atoms with E-state index in [-0.39, 0.29) is 30.2 Å². The van der Waals surface area contributed by atoms with Gasteiger partial charge in [-0.25, -0.2) is 0 Å². The van der Waals surface area contributed by atoms with E-state index in [1.807, 2.05) is 6.56 Å². The van der Waals surface area contributed by atoms with Crippen LogP contribution in [-0.2, 0) is 20.4 Å². The Hall–Kier alpha value is 0.640. The Labute approximate surface area is 144 Å². The second-order valence-electron chi connectivity index (χ2n) is 5.77. The van der Waals surface area contributed by atoms with Crippen LogP contribution in [0.25, 0.3) is 0 Å². The summed E-state index contributed by atoms with van der Waals surface area (Å²) in [4.78, 5) is 0. The Morgan fingerprint density at radius 1 is 1.10 bits per heavy atom. The first-order chi connectivity index (χ1) is 8.45. The third-order valence-corrected chi connectivity index (χ3v) is 22.2. The van der Waals surface area contributed by atoms with Crippen molar-refractivity contribution in [3.05, 3.63) is 41.5 Å². The van der Waals surface area contributed by atoms with Gasteiger partial charge in [-0.3, -0.25) is 0 Å². The quantitative estimate of drug-likeness (QED) is 0.506. The van der Waals surface area contributed by atoms with Crippen LogP contribution in [-0.4, -0.2) is 5.43 Å². The molecule has 0 aromatic carbocycles. The molecule has 4 heteroatoms. The molecule has 20 heavy (non-hydrogen) atoms. The Bertz CT molecular complexity index is 547. The summed E-state index contributed by atoms with van der Waals surface area (Å²) in [6.45, 7) is 14.6. The van der Waals surface area contributed by atoms with Crippen LogP contribution in [0.15, 0.2) is 41.5 Å². The zero-order chi connectivity index (χ0) is 13.4. The average molecular weight is 409 g/mol. The zero-order valence-corrected chi connectivity index (χ0v) is 18.4. The molecule has 112 valence electrons. The van der Waals surface area contributed by atoms with Crippen LogP contribution in [0.2, 0.25) is 13.1 Å². The Morgan fingerprint density at radius 3 is 2.05 bits per heavy atom. The van der Waals surface area contributed by atoms with Crippen LogP contribution in [0.1, 0.15) is 34.1 Å². The largest absolute Gasteiger partial charge is 0.147 e. The van der Waals surface area contributed by atoms with Gasteiger partial charge in [-0.15, -0.1) is 24.8 Å². The molecule has 0 aromatic heterocycles. The molecular formula is C16H26Cl2SiZr. The monoisotopic (exact) mass is 406 g/mol. The van der Waals surface area contributed by atoms with Crippen LogP contribution in [0, 0.1) is 5.92 Å². The van der Waals surface area contributed by atoms with E-state index < -0.39 is 20.4 Å².